The smallest absolute Gasteiger partial charge is 0.416 e. The maximum absolute atomic E-state index is 12.6. The summed E-state index contributed by atoms with van der Waals surface area (Å²) in [6.45, 7) is 0. The largest absolute Gasteiger partial charge is 0.434 e. The predicted molar refractivity (Wildman–Crippen MR) is 109 cm³/mol. The van der Waals surface area contributed by atoms with E-state index in [0.717, 1.165) is 24.3 Å². The molecule has 3 aromatic rings. The minimum Gasteiger partial charge on any atom is -0.434 e. The summed E-state index contributed by atoms with van der Waals surface area (Å²) in [6.07, 6.45) is -2.95. The molecular weight excluding hydrogens is 429 g/mol. The van der Waals surface area contributed by atoms with Crippen molar-refractivity contribution in [1.82, 2.24) is 4.98 Å². The summed E-state index contributed by atoms with van der Waals surface area (Å²) >= 11 is 0. The van der Waals surface area contributed by atoms with Crippen molar-refractivity contribution in [2.45, 2.75) is 18.6 Å². The van der Waals surface area contributed by atoms with E-state index in [1.165, 1.54) is 18.3 Å². The zero-order valence-electron chi connectivity index (χ0n) is 16.4. The highest BCUT2D eigenvalue weighted by atomic mass is 19.4. The van der Waals surface area contributed by atoms with Gasteiger partial charge < -0.3 is 15.8 Å². The van der Waals surface area contributed by atoms with E-state index in [2.05, 4.69) is 10.3 Å². The number of rotatable bonds is 7. The van der Waals surface area contributed by atoms with Crippen molar-refractivity contribution < 1.29 is 27.6 Å². The van der Waals surface area contributed by atoms with Crippen LogP contribution in [-0.2, 0) is 17.4 Å². The SMILES string of the molecule is NC(Cc1ccc(Oc2ncccc2[N+](=O)[O-])cc1)C(=O)Nc1ccc(C(F)(F)F)cc1. The van der Waals surface area contributed by atoms with Crippen LogP contribution >= 0.6 is 0 Å². The summed E-state index contributed by atoms with van der Waals surface area (Å²) in [5, 5.41) is 13.5. The van der Waals surface area contributed by atoms with Crippen LogP contribution in [0.2, 0.25) is 0 Å². The molecule has 0 bridgehead atoms. The van der Waals surface area contributed by atoms with Crippen LogP contribution in [0.15, 0.2) is 66.9 Å². The molecule has 1 amide bonds. The molecule has 0 aliphatic heterocycles. The quantitative estimate of drug-likeness (QED) is 0.412. The van der Waals surface area contributed by atoms with Crippen molar-refractivity contribution in [3.05, 3.63) is 88.1 Å². The lowest BCUT2D eigenvalue weighted by Gasteiger charge is -2.13. The Hall–Kier alpha value is -3.99. The number of nitrogens with one attached hydrogen (secondary N) is 1. The molecule has 0 fully saturated rings. The van der Waals surface area contributed by atoms with Crippen LogP contribution in [0.3, 0.4) is 0 Å². The number of hydrogen-bond donors (Lipinski definition) is 2. The summed E-state index contributed by atoms with van der Waals surface area (Å²) in [5.41, 5.74) is 5.68. The molecule has 2 aromatic carbocycles. The monoisotopic (exact) mass is 446 g/mol. The topological polar surface area (TPSA) is 120 Å². The fourth-order valence-corrected chi connectivity index (χ4v) is 2.73. The van der Waals surface area contributed by atoms with E-state index >= 15 is 0 Å². The molecule has 0 aliphatic carbocycles. The summed E-state index contributed by atoms with van der Waals surface area (Å²) in [4.78, 5) is 26.5. The highest BCUT2D eigenvalue weighted by Crippen LogP contribution is 2.30. The number of anilines is 1. The Bertz CT molecular complexity index is 1100. The van der Waals surface area contributed by atoms with Gasteiger partial charge in [-0.25, -0.2) is 4.98 Å². The second kappa shape index (κ2) is 9.43. The number of nitro groups is 1. The van der Waals surface area contributed by atoms with Crippen molar-refractivity contribution in [3.8, 4) is 11.6 Å². The third-order valence-corrected chi connectivity index (χ3v) is 4.36. The molecule has 1 heterocycles. The Balaban J connectivity index is 1.59. The van der Waals surface area contributed by atoms with E-state index in [4.69, 9.17) is 10.5 Å². The van der Waals surface area contributed by atoms with Crippen LogP contribution in [-0.4, -0.2) is 21.9 Å². The van der Waals surface area contributed by atoms with Crippen LogP contribution in [0, 0.1) is 10.1 Å². The summed E-state index contributed by atoms with van der Waals surface area (Å²) in [5.74, 6) is -0.412. The first-order chi connectivity index (χ1) is 15.1. The number of alkyl halides is 3. The molecule has 1 atom stereocenters. The number of halogens is 3. The zero-order valence-corrected chi connectivity index (χ0v) is 16.4. The standard InChI is InChI=1S/C21H17F3N4O4/c22-21(23,24)14-5-7-15(8-6-14)27-19(29)17(25)12-13-3-9-16(10-4-13)32-20-18(28(30)31)2-1-11-26-20/h1-11,17H,12,25H2,(H,27,29). The Morgan fingerprint density at radius 2 is 1.78 bits per heavy atom. The van der Waals surface area contributed by atoms with Gasteiger partial charge in [0, 0.05) is 18.0 Å². The Morgan fingerprint density at radius 1 is 1.12 bits per heavy atom. The lowest BCUT2D eigenvalue weighted by Crippen LogP contribution is -2.37. The molecule has 1 aromatic heterocycles. The number of ether oxygens (including phenoxy) is 1. The molecule has 166 valence electrons. The molecule has 32 heavy (non-hydrogen) atoms. The molecule has 11 heteroatoms. The number of amides is 1. The number of nitrogens with two attached hydrogens (primary N) is 1. The minimum absolute atomic E-state index is 0.149. The molecular formula is C21H17F3N4O4. The van der Waals surface area contributed by atoms with E-state index in [1.54, 1.807) is 24.3 Å². The van der Waals surface area contributed by atoms with Gasteiger partial charge in [-0.1, -0.05) is 12.1 Å². The predicted octanol–water partition coefficient (Wildman–Crippen LogP) is 4.31. The normalized spacial score (nSPS) is 12.1. The van der Waals surface area contributed by atoms with Gasteiger partial charge in [-0.15, -0.1) is 0 Å². The summed E-state index contributed by atoms with van der Waals surface area (Å²) in [6, 6.07) is 12.1. The lowest BCUT2D eigenvalue weighted by molar-refractivity contribution is -0.386. The van der Waals surface area contributed by atoms with E-state index in [1.807, 2.05) is 0 Å². The Morgan fingerprint density at radius 3 is 2.38 bits per heavy atom. The lowest BCUT2D eigenvalue weighted by atomic mass is 10.1. The molecule has 0 radical (unpaired) electrons. The fraction of sp³-hybridized carbons (Fsp3) is 0.143. The van der Waals surface area contributed by atoms with Gasteiger partial charge in [-0.3, -0.25) is 14.9 Å². The van der Waals surface area contributed by atoms with Crippen molar-refractivity contribution in [1.29, 1.82) is 0 Å². The van der Waals surface area contributed by atoms with Gasteiger partial charge in [0.1, 0.15) is 5.75 Å². The van der Waals surface area contributed by atoms with Gasteiger partial charge in [0.05, 0.1) is 16.5 Å². The van der Waals surface area contributed by atoms with Crippen molar-refractivity contribution in [2.24, 2.45) is 5.73 Å². The first-order valence-electron chi connectivity index (χ1n) is 9.23. The van der Waals surface area contributed by atoms with Gasteiger partial charge in [0.15, 0.2) is 0 Å². The third kappa shape index (κ3) is 5.79. The number of carbonyl (C=O) groups excluding carboxylic acids is 1. The molecule has 3 rings (SSSR count). The van der Waals surface area contributed by atoms with Gasteiger partial charge in [-0.05, 0) is 54.4 Å². The number of pyridine rings is 1. The Kier molecular flexibility index (Phi) is 6.69. The van der Waals surface area contributed by atoms with Crippen molar-refractivity contribution in [2.75, 3.05) is 5.32 Å². The van der Waals surface area contributed by atoms with Gasteiger partial charge in [0.25, 0.3) is 5.88 Å². The highest BCUT2D eigenvalue weighted by molar-refractivity contribution is 5.94. The second-order valence-electron chi connectivity index (χ2n) is 6.71. The zero-order chi connectivity index (χ0) is 23.3. The summed E-state index contributed by atoms with van der Waals surface area (Å²) < 4.78 is 43.3. The molecule has 3 N–H and O–H groups in total. The number of benzene rings is 2. The van der Waals surface area contributed by atoms with Gasteiger partial charge >= 0.3 is 11.9 Å². The number of nitrogens with zero attached hydrogens (tertiary/aromatic N) is 2. The fourth-order valence-electron chi connectivity index (χ4n) is 2.73. The molecule has 0 saturated carbocycles. The van der Waals surface area contributed by atoms with Crippen LogP contribution in [0.5, 0.6) is 11.6 Å². The van der Waals surface area contributed by atoms with E-state index in [-0.39, 0.29) is 23.7 Å². The maximum atomic E-state index is 12.6. The van der Waals surface area contributed by atoms with E-state index in [0.29, 0.717) is 11.3 Å². The Labute approximate surface area is 180 Å². The van der Waals surface area contributed by atoms with Gasteiger partial charge in [-0.2, -0.15) is 13.2 Å². The van der Waals surface area contributed by atoms with Crippen LogP contribution in [0.1, 0.15) is 11.1 Å². The van der Waals surface area contributed by atoms with E-state index in [9.17, 15) is 28.1 Å². The van der Waals surface area contributed by atoms with Crippen LogP contribution in [0.25, 0.3) is 0 Å². The first-order valence-corrected chi connectivity index (χ1v) is 9.23. The summed E-state index contributed by atoms with van der Waals surface area (Å²) in [7, 11) is 0. The average molecular weight is 446 g/mol. The number of hydrogen-bond acceptors (Lipinski definition) is 6. The maximum Gasteiger partial charge on any atom is 0.416 e. The first kappa shape index (κ1) is 22.7. The van der Waals surface area contributed by atoms with E-state index < -0.39 is 28.6 Å². The number of carbonyl (C=O) groups is 1. The molecule has 0 spiro atoms. The minimum atomic E-state index is -4.46. The third-order valence-electron chi connectivity index (χ3n) is 4.36. The average Bonchev–Trinajstić information content (AvgIpc) is 2.75. The molecule has 1 unspecified atom stereocenters. The highest BCUT2D eigenvalue weighted by Gasteiger charge is 2.30. The molecule has 0 aliphatic rings. The van der Waals surface area contributed by atoms with Gasteiger partial charge in [0.2, 0.25) is 5.91 Å². The van der Waals surface area contributed by atoms with Crippen molar-refractivity contribution in [3.63, 3.8) is 0 Å². The molecule has 0 saturated heterocycles. The van der Waals surface area contributed by atoms with Crippen LogP contribution < -0.4 is 15.8 Å². The molecule has 8 nitrogen and oxygen atoms in total. The number of aromatic nitrogens is 1. The van der Waals surface area contributed by atoms with Crippen LogP contribution in [0.4, 0.5) is 24.5 Å². The second-order valence-corrected chi connectivity index (χ2v) is 6.71. The van der Waals surface area contributed by atoms with Crippen molar-refractivity contribution >= 4 is 17.3 Å².